The summed E-state index contributed by atoms with van der Waals surface area (Å²) in [5.41, 5.74) is 0.127. The normalized spacial score (nSPS) is 10.6. The fourth-order valence-electron chi connectivity index (χ4n) is 1.21. The molecule has 0 spiro atoms. The second kappa shape index (κ2) is 4.09. The molecule has 4 heteroatoms. The van der Waals surface area contributed by atoms with Gasteiger partial charge in [0.15, 0.2) is 0 Å². The third-order valence-electron chi connectivity index (χ3n) is 1.96. The van der Waals surface area contributed by atoms with Crippen molar-refractivity contribution in [3.05, 3.63) is 33.5 Å². The van der Waals surface area contributed by atoms with Crippen LogP contribution in [0.1, 0.15) is 35.7 Å². The second-order valence-electron chi connectivity index (χ2n) is 3.29. The van der Waals surface area contributed by atoms with Gasteiger partial charge in [-0.3, -0.25) is 0 Å². The van der Waals surface area contributed by atoms with Gasteiger partial charge in [-0.25, -0.2) is 9.18 Å². The highest BCUT2D eigenvalue weighted by molar-refractivity contribution is 9.10. The van der Waals surface area contributed by atoms with Crippen molar-refractivity contribution in [2.24, 2.45) is 0 Å². The van der Waals surface area contributed by atoms with E-state index in [1.165, 1.54) is 0 Å². The van der Waals surface area contributed by atoms with Crippen LogP contribution in [0.3, 0.4) is 0 Å². The molecule has 0 heterocycles. The van der Waals surface area contributed by atoms with Crippen molar-refractivity contribution in [2.75, 3.05) is 0 Å². The molecule has 2 nitrogen and oxygen atoms in total. The SMILES string of the molecule is CC(C)c1ccc(Br)c(C(=O)O)c1F. The van der Waals surface area contributed by atoms with Crippen molar-refractivity contribution < 1.29 is 14.3 Å². The molecule has 76 valence electrons. The van der Waals surface area contributed by atoms with E-state index in [2.05, 4.69) is 15.9 Å². The number of halogens is 2. The first-order valence-electron chi connectivity index (χ1n) is 4.16. The minimum absolute atomic E-state index is 0.0267. The molecule has 0 aromatic heterocycles. The minimum Gasteiger partial charge on any atom is -0.478 e. The molecule has 0 aliphatic rings. The predicted octanol–water partition coefficient (Wildman–Crippen LogP) is 3.41. The lowest BCUT2D eigenvalue weighted by Gasteiger charge is -2.09. The van der Waals surface area contributed by atoms with Crippen molar-refractivity contribution in [3.63, 3.8) is 0 Å². The Morgan fingerprint density at radius 1 is 1.50 bits per heavy atom. The molecule has 0 saturated carbocycles. The lowest BCUT2D eigenvalue weighted by molar-refractivity contribution is 0.0690. The summed E-state index contributed by atoms with van der Waals surface area (Å²) in [6, 6.07) is 3.15. The van der Waals surface area contributed by atoms with Gasteiger partial charge < -0.3 is 5.11 Å². The topological polar surface area (TPSA) is 37.3 Å². The van der Waals surface area contributed by atoms with E-state index in [0.29, 0.717) is 5.56 Å². The zero-order chi connectivity index (χ0) is 10.9. The Balaban J connectivity index is 3.41. The Labute approximate surface area is 89.9 Å². The van der Waals surface area contributed by atoms with E-state index < -0.39 is 11.8 Å². The molecule has 0 saturated heterocycles. The smallest absolute Gasteiger partial charge is 0.339 e. The fourth-order valence-corrected chi connectivity index (χ4v) is 1.69. The maximum atomic E-state index is 13.6. The van der Waals surface area contributed by atoms with E-state index in [1.807, 2.05) is 13.8 Å². The summed E-state index contributed by atoms with van der Waals surface area (Å²) in [5, 5.41) is 8.78. The highest BCUT2D eigenvalue weighted by Crippen LogP contribution is 2.27. The van der Waals surface area contributed by atoms with Crippen molar-refractivity contribution in [1.82, 2.24) is 0 Å². The molecule has 0 aliphatic heterocycles. The highest BCUT2D eigenvalue weighted by Gasteiger charge is 2.19. The van der Waals surface area contributed by atoms with Crippen LogP contribution in [0.5, 0.6) is 0 Å². The van der Waals surface area contributed by atoms with E-state index in [-0.39, 0.29) is 16.0 Å². The second-order valence-corrected chi connectivity index (χ2v) is 4.14. The number of hydrogen-bond donors (Lipinski definition) is 1. The average Bonchev–Trinajstić information content (AvgIpc) is 2.02. The lowest BCUT2D eigenvalue weighted by Crippen LogP contribution is -2.06. The molecule has 0 fully saturated rings. The first-order valence-corrected chi connectivity index (χ1v) is 4.95. The summed E-state index contributed by atoms with van der Waals surface area (Å²) in [7, 11) is 0. The van der Waals surface area contributed by atoms with Crippen LogP contribution in [0.15, 0.2) is 16.6 Å². The maximum absolute atomic E-state index is 13.6. The third kappa shape index (κ3) is 1.95. The first-order chi connectivity index (χ1) is 6.45. The molecule has 0 atom stereocenters. The average molecular weight is 261 g/mol. The van der Waals surface area contributed by atoms with E-state index in [4.69, 9.17) is 5.11 Å². The molecule has 1 aromatic rings. The van der Waals surface area contributed by atoms with Gasteiger partial charge in [-0.1, -0.05) is 19.9 Å². The van der Waals surface area contributed by atoms with Crippen molar-refractivity contribution in [2.45, 2.75) is 19.8 Å². The van der Waals surface area contributed by atoms with Gasteiger partial charge >= 0.3 is 5.97 Å². The molecule has 0 radical (unpaired) electrons. The van der Waals surface area contributed by atoms with Crippen molar-refractivity contribution >= 4 is 21.9 Å². The molecule has 1 rings (SSSR count). The fraction of sp³-hybridized carbons (Fsp3) is 0.300. The molecular formula is C10H10BrFO2. The summed E-state index contributed by atoms with van der Waals surface area (Å²) >= 11 is 3.01. The number of benzene rings is 1. The Morgan fingerprint density at radius 3 is 2.50 bits per heavy atom. The standard InChI is InChI=1S/C10H10BrFO2/c1-5(2)6-3-4-7(11)8(9(6)12)10(13)14/h3-5H,1-2H3,(H,13,14). The van der Waals surface area contributed by atoms with E-state index in [0.717, 1.165) is 0 Å². The van der Waals surface area contributed by atoms with Crippen LogP contribution in [0.4, 0.5) is 4.39 Å². The molecular weight excluding hydrogens is 251 g/mol. The molecule has 0 unspecified atom stereocenters. The van der Waals surface area contributed by atoms with Gasteiger partial charge in [-0.2, -0.15) is 0 Å². The van der Waals surface area contributed by atoms with Crippen LogP contribution < -0.4 is 0 Å². The summed E-state index contributed by atoms with van der Waals surface area (Å²) < 4.78 is 13.9. The van der Waals surface area contributed by atoms with Crippen LogP contribution in [0.2, 0.25) is 0 Å². The molecule has 0 amide bonds. The zero-order valence-corrected chi connectivity index (χ0v) is 9.43. The molecule has 1 aromatic carbocycles. The number of hydrogen-bond acceptors (Lipinski definition) is 1. The predicted molar refractivity (Wildman–Crippen MR) is 55.1 cm³/mol. The number of aromatic carboxylic acids is 1. The summed E-state index contributed by atoms with van der Waals surface area (Å²) in [6.07, 6.45) is 0. The minimum atomic E-state index is -1.25. The summed E-state index contributed by atoms with van der Waals surface area (Å²) in [6.45, 7) is 3.63. The number of carbonyl (C=O) groups is 1. The van der Waals surface area contributed by atoms with Crippen LogP contribution in [-0.2, 0) is 0 Å². The molecule has 14 heavy (non-hydrogen) atoms. The molecule has 0 aliphatic carbocycles. The largest absolute Gasteiger partial charge is 0.478 e. The Bertz CT molecular complexity index is 375. The first kappa shape index (κ1) is 11.2. The van der Waals surface area contributed by atoms with Gasteiger partial charge in [0.1, 0.15) is 11.4 Å². The van der Waals surface area contributed by atoms with Crippen LogP contribution in [0, 0.1) is 5.82 Å². The van der Waals surface area contributed by atoms with Crippen LogP contribution in [0.25, 0.3) is 0 Å². The maximum Gasteiger partial charge on any atom is 0.339 e. The van der Waals surface area contributed by atoms with Gasteiger partial charge in [0.05, 0.1) is 0 Å². The van der Waals surface area contributed by atoms with Crippen LogP contribution >= 0.6 is 15.9 Å². The van der Waals surface area contributed by atoms with Gasteiger partial charge in [0, 0.05) is 4.47 Å². The Morgan fingerprint density at radius 2 is 2.07 bits per heavy atom. The molecule has 1 N–H and O–H groups in total. The Kier molecular flexibility index (Phi) is 3.26. The number of rotatable bonds is 2. The number of carboxylic acids is 1. The monoisotopic (exact) mass is 260 g/mol. The summed E-state index contributed by atoms with van der Waals surface area (Å²) in [4.78, 5) is 10.7. The highest BCUT2D eigenvalue weighted by atomic mass is 79.9. The molecule has 0 bridgehead atoms. The number of carboxylic acid groups (broad SMARTS) is 1. The summed E-state index contributed by atoms with van der Waals surface area (Å²) in [5.74, 6) is -1.93. The van der Waals surface area contributed by atoms with E-state index in [1.54, 1.807) is 12.1 Å². The van der Waals surface area contributed by atoms with Gasteiger partial charge in [0.2, 0.25) is 0 Å². The van der Waals surface area contributed by atoms with E-state index in [9.17, 15) is 9.18 Å². The lowest BCUT2D eigenvalue weighted by atomic mass is 10.00. The van der Waals surface area contributed by atoms with Gasteiger partial charge in [0.25, 0.3) is 0 Å². The van der Waals surface area contributed by atoms with E-state index >= 15 is 0 Å². The quantitative estimate of drug-likeness (QED) is 0.885. The van der Waals surface area contributed by atoms with Gasteiger partial charge in [-0.05, 0) is 33.5 Å². The third-order valence-corrected chi connectivity index (χ3v) is 2.62. The van der Waals surface area contributed by atoms with Gasteiger partial charge in [-0.15, -0.1) is 0 Å². The van der Waals surface area contributed by atoms with Crippen molar-refractivity contribution in [3.8, 4) is 0 Å². The Hall–Kier alpha value is -0.900. The zero-order valence-electron chi connectivity index (χ0n) is 7.84. The van der Waals surface area contributed by atoms with Crippen molar-refractivity contribution in [1.29, 1.82) is 0 Å². The van der Waals surface area contributed by atoms with Crippen LogP contribution in [-0.4, -0.2) is 11.1 Å².